The number of benzene rings is 2. The highest BCUT2D eigenvalue weighted by molar-refractivity contribution is 5.95. The van der Waals surface area contributed by atoms with Gasteiger partial charge in [0.1, 0.15) is 18.3 Å². The van der Waals surface area contributed by atoms with Crippen molar-refractivity contribution in [3.8, 4) is 11.1 Å². The summed E-state index contributed by atoms with van der Waals surface area (Å²) in [4.78, 5) is 38.1. The van der Waals surface area contributed by atoms with Gasteiger partial charge in [-0.05, 0) is 41.2 Å². The number of carboxylic acids is 1. The summed E-state index contributed by atoms with van der Waals surface area (Å²) in [6, 6.07) is 17.0. The molecule has 0 saturated carbocycles. The van der Waals surface area contributed by atoms with E-state index in [0.717, 1.165) is 22.3 Å². The van der Waals surface area contributed by atoms with Crippen LogP contribution in [0.3, 0.4) is 0 Å². The molecule has 1 aliphatic heterocycles. The number of nitrogens with one attached hydrogen (secondary N) is 1. The van der Waals surface area contributed by atoms with Crippen LogP contribution in [0.15, 0.2) is 54.6 Å². The van der Waals surface area contributed by atoms with Gasteiger partial charge in [-0.2, -0.15) is 5.10 Å². The summed E-state index contributed by atoms with van der Waals surface area (Å²) in [7, 11) is 1.62. The van der Waals surface area contributed by atoms with Gasteiger partial charge in [-0.25, -0.2) is 9.59 Å². The molecule has 3 aromatic rings. The fraction of sp³-hybridized carbons (Fsp3) is 0.308. The topological polar surface area (TPSA) is 114 Å². The number of hydrogen-bond donors (Lipinski definition) is 2. The van der Waals surface area contributed by atoms with Crippen molar-refractivity contribution >= 4 is 18.0 Å². The highest BCUT2D eigenvalue weighted by Gasteiger charge is 2.35. The van der Waals surface area contributed by atoms with Crippen LogP contribution in [0.2, 0.25) is 0 Å². The van der Waals surface area contributed by atoms with Gasteiger partial charge in [-0.1, -0.05) is 48.5 Å². The minimum absolute atomic E-state index is 0.0325. The lowest BCUT2D eigenvalue weighted by Gasteiger charge is -2.21. The number of alkyl carbamates (subject to hydrolysis) is 1. The Balaban J connectivity index is 1.20. The number of carboxylic acid groups (broad SMARTS) is 1. The number of rotatable bonds is 6. The molecule has 0 spiro atoms. The number of amides is 2. The van der Waals surface area contributed by atoms with Crippen molar-refractivity contribution in [3.05, 3.63) is 77.1 Å². The van der Waals surface area contributed by atoms with Crippen molar-refractivity contribution in [3.63, 3.8) is 0 Å². The Kier molecular flexibility index (Phi) is 5.98. The number of nitrogens with zero attached hydrogens (tertiary/aromatic N) is 3. The van der Waals surface area contributed by atoms with E-state index in [4.69, 9.17) is 4.74 Å². The maximum atomic E-state index is 12.9. The minimum atomic E-state index is -1.00. The Hall–Kier alpha value is -4.14. The molecule has 2 N–H and O–H groups in total. The van der Waals surface area contributed by atoms with E-state index >= 15 is 0 Å². The third-order valence-electron chi connectivity index (χ3n) is 6.71. The number of aromatic nitrogens is 2. The number of likely N-dealkylation sites (tertiary alicyclic amines) is 1. The van der Waals surface area contributed by atoms with Gasteiger partial charge in [0.2, 0.25) is 0 Å². The fourth-order valence-corrected chi connectivity index (χ4v) is 5.04. The molecule has 2 aliphatic rings. The lowest BCUT2D eigenvalue weighted by atomic mass is 9.98. The van der Waals surface area contributed by atoms with Crippen molar-refractivity contribution < 1.29 is 24.2 Å². The van der Waals surface area contributed by atoms with Crippen molar-refractivity contribution in [1.29, 1.82) is 0 Å². The molecule has 1 saturated heterocycles. The number of aliphatic carboxylic acids is 1. The first-order valence-electron chi connectivity index (χ1n) is 11.6. The predicted octanol–water partition coefficient (Wildman–Crippen LogP) is 3.15. The highest BCUT2D eigenvalue weighted by atomic mass is 16.5. The molecule has 35 heavy (non-hydrogen) atoms. The van der Waals surface area contributed by atoms with Gasteiger partial charge in [0.15, 0.2) is 0 Å². The zero-order valence-corrected chi connectivity index (χ0v) is 19.3. The molecule has 1 atom stereocenters. The predicted molar refractivity (Wildman–Crippen MR) is 127 cm³/mol. The second-order valence-corrected chi connectivity index (χ2v) is 8.82. The molecule has 1 aliphatic carbocycles. The molecular formula is C26H26N4O5. The van der Waals surface area contributed by atoms with E-state index in [1.54, 1.807) is 13.1 Å². The van der Waals surface area contributed by atoms with Crippen LogP contribution < -0.4 is 5.32 Å². The third-order valence-corrected chi connectivity index (χ3v) is 6.71. The van der Waals surface area contributed by atoms with Gasteiger partial charge in [0.25, 0.3) is 5.91 Å². The van der Waals surface area contributed by atoms with Gasteiger partial charge in [0.05, 0.1) is 12.2 Å². The maximum Gasteiger partial charge on any atom is 0.407 e. The van der Waals surface area contributed by atoms with E-state index in [1.807, 2.05) is 24.3 Å². The number of carbonyl (C=O) groups is 3. The molecule has 2 heterocycles. The standard InChI is InChI=1S/C26H26N4O5/c1-29-23(24(31)30-12-6-11-22(30)25(32)33)13-16(28-29)14-27-26(34)35-15-21-19-9-4-2-7-17(19)18-8-3-5-10-20(18)21/h2-5,7-10,13,21-22H,6,11-12,14-15H2,1H3,(H,27,34)(H,32,33). The number of ether oxygens (including phenoxy) is 1. The van der Waals surface area contributed by atoms with Crippen LogP contribution >= 0.6 is 0 Å². The van der Waals surface area contributed by atoms with Crippen molar-refractivity contribution in [2.24, 2.45) is 7.05 Å². The van der Waals surface area contributed by atoms with Gasteiger partial charge < -0.3 is 20.1 Å². The summed E-state index contributed by atoms with van der Waals surface area (Å²) in [5, 5.41) is 16.3. The van der Waals surface area contributed by atoms with Crippen LogP contribution in [0.25, 0.3) is 11.1 Å². The number of hydrogen-bond acceptors (Lipinski definition) is 5. The summed E-state index contributed by atoms with van der Waals surface area (Å²) in [6.45, 7) is 0.686. The Morgan fingerprint density at radius 2 is 1.74 bits per heavy atom. The zero-order chi connectivity index (χ0) is 24.5. The Labute approximate surface area is 202 Å². The number of carbonyl (C=O) groups excluding carboxylic acids is 2. The third kappa shape index (κ3) is 4.25. The summed E-state index contributed by atoms with van der Waals surface area (Å²) in [6.07, 6.45) is 0.516. The smallest absolute Gasteiger partial charge is 0.407 e. The minimum Gasteiger partial charge on any atom is -0.480 e. The average Bonchev–Trinajstić information content (AvgIpc) is 3.57. The van der Waals surface area contributed by atoms with Gasteiger partial charge >= 0.3 is 12.1 Å². The van der Waals surface area contributed by atoms with Crippen LogP contribution in [0, 0.1) is 0 Å². The van der Waals surface area contributed by atoms with Crippen LogP contribution in [-0.4, -0.2) is 57.0 Å². The van der Waals surface area contributed by atoms with E-state index in [0.29, 0.717) is 25.1 Å². The molecule has 5 rings (SSSR count). The van der Waals surface area contributed by atoms with Crippen LogP contribution in [0.1, 0.15) is 46.1 Å². The summed E-state index contributed by atoms with van der Waals surface area (Å²) < 4.78 is 6.95. The second kappa shape index (κ2) is 9.25. The molecule has 180 valence electrons. The molecule has 1 fully saturated rings. The van der Waals surface area contributed by atoms with Crippen molar-refractivity contribution in [1.82, 2.24) is 20.0 Å². The Morgan fingerprint density at radius 1 is 1.09 bits per heavy atom. The monoisotopic (exact) mass is 474 g/mol. The SMILES string of the molecule is Cn1nc(CNC(=O)OCC2c3ccccc3-c3ccccc32)cc1C(=O)N1CCCC1C(=O)O. The van der Waals surface area contributed by atoms with Crippen LogP contribution in [0.4, 0.5) is 4.79 Å². The molecule has 2 aromatic carbocycles. The van der Waals surface area contributed by atoms with Crippen molar-refractivity contribution in [2.45, 2.75) is 31.3 Å². The van der Waals surface area contributed by atoms with Crippen molar-refractivity contribution in [2.75, 3.05) is 13.2 Å². The molecule has 9 heteroatoms. The quantitative estimate of drug-likeness (QED) is 0.567. The van der Waals surface area contributed by atoms with E-state index in [1.165, 1.54) is 9.58 Å². The first-order valence-corrected chi connectivity index (χ1v) is 11.6. The molecular weight excluding hydrogens is 448 g/mol. The lowest BCUT2D eigenvalue weighted by Crippen LogP contribution is -2.41. The van der Waals surface area contributed by atoms with Gasteiger partial charge in [0, 0.05) is 19.5 Å². The number of fused-ring (bicyclic) bond motifs is 3. The lowest BCUT2D eigenvalue weighted by molar-refractivity contribution is -0.141. The molecule has 9 nitrogen and oxygen atoms in total. The molecule has 0 radical (unpaired) electrons. The first-order chi connectivity index (χ1) is 16.9. The van der Waals surface area contributed by atoms with E-state index in [9.17, 15) is 19.5 Å². The van der Waals surface area contributed by atoms with Crippen LogP contribution in [0.5, 0.6) is 0 Å². The normalized spacial score (nSPS) is 16.6. The van der Waals surface area contributed by atoms with Crippen LogP contribution in [-0.2, 0) is 23.1 Å². The molecule has 1 aromatic heterocycles. The van der Waals surface area contributed by atoms with Gasteiger partial charge in [-0.3, -0.25) is 9.48 Å². The van der Waals surface area contributed by atoms with Gasteiger partial charge in [-0.15, -0.1) is 0 Å². The highest BCUT2D eigenvalue weighted by Crippen LogP contribution is 2.44. The molecule has 2 amide bonds. The molecule has 1 unspecified atom stereocenters. The first kappa shape index (κ1) is 22.6. The van der Waals surface area contributed by atoms with E-state index in [2.05, 4.69) is 34.7 Å². The fourth-order valence-electron chi connectivity index (χ4n) is 5.04. The average molecular weight is 475 g/mol. The Bertz CT molecular complexity index is 1250. The second-order valence-electron chi connectivity index (χ2n) is 8.82. The summed E-state index contributed by atoms with van der Waals surface area (Å²) >= 11 is 0. The maximum absolute atomic E-state index is 12.9. The summed E-state index contributed by atoms with van der Waals surface area (Å²) in [5.41, 5.74) is 5.35. The van der Waals surface area contributed by atoms with E-state index < -0.39 is 18.1 Å². The van der Waals surface area contributed by atoms with E-state index in [-0.39, 0.29) is 30.7 Å². The number of aryl methyl sites for hydroxylation is 1. The Morgan fingerprint density at radius 3 is 2.40 bits per heavy atom. The zero-order valence-electron chi connectivity index (χ0n) is 19.3. The summed E-state index contributed by atoms with van der Waals surface area (Å²) in [5.74, 6) is -1.41. The molecule has 0 bridgehead atoms. The largest absolute Gasteiger partial charge is 0.480 e.